The first kappa shape index (κ1) is 16.8. The Kier molecular flexibility index (Phi) is 6.25. The number of carbonyl (C=O) groups is 1. The number of rotatable bonds is 9. The Bertz CT molecular complexity index is 486. The molecule has 0 aromatic heterocycles. The Hall–Kier alpha value is -1.55. The molecule has 0 bridgehead atoms. The third kappa shape index (κ3) is 5.02. The summed E-state index contributed by atoms with van der Waals surface area (Å²) >= 11 is 0. The van der Waals surface area contributed by atoms with E-state index in [1.165, 1.54) is 12.8 Å². The summed E-state index contributed by atoms with van der Waals surface area (Å²) in [6.45, 7) is 5.36. The van der Waals surface area contributed by atoms with Crippen molar-refractivity contribution in [3.63, 3.8) is 0 Å². The summed E-state index contributed by atoms with van der Waals surface area (Å²) in [6, 6.07) is 7.87. The average molecular weight is 304 g/mol. The summed E-state index contributed by atoms with van der Waals surface area (Å²) in [7, 11) is 3.54. The summed E-state index contributed by atoms with van der Waals surface area (Å²) in [6.07, 6.45) is 3.74. The molecule has 0 unspecified atom stereocenters. The molecule has 4 heteroatoms. The molecule has 1 saturated carbocycles. The van der Waals surface area contributed by atoms with E-state index in [9.17, 15) is 4.79 Å². The van der Waals surface area contributed by atoms with Crippen LogP contribution in [-0.2, 0) is 11.3 Å². The fourth-order valence-electron chi connectivity index (χ4n) is 2.71. The molecule has 1 aliphatic rings. The number of amides is 1. The van der Waals surface area contributed by atoms with E-state index >= 15 is 0 Å². The number of hydrogen-bond acceptors (Lipinski definition) is 3. The molecule has 0 spiro atoms. The molecule has 4 nitrogen and oxygen atoms in total. The van der Waals surface area contributed by atoms with Crippen molar-refractivity contribution < 1.29 is 9.53 Å². The van der Waals surface area contributed by atoms with Gasteiger partial charge in [-0.15, -0.1) is 0 Å². The molecule has 0 atom stereocenters. The van der Waals surface area contributed by atoms with Crippen LogP contribution in [0, 0.1) is 5.92 Å². The van der Waals surface area contributed by atoms with Crippen molar-refractivity contribution in [1.29, 1.82) is 0 Å². The van der Waals surface area contributed by atoms with Crippen LogP contribution in [0.1, 0.15) is 31.7 Å². The van der Waals surface area contributed by atoms with Gasteiger partial charge in [0.1, 0.15) is 5.75 Å². The minimum absolute atomic E-state index is 0.181. The number of benzene rings is 1. The fourth-order valence-corrected chi connectivity index (χ4v) is 2.71. The van der Waals surface area contributed by atoms with E-state index in [2.05, 4.69) is 11.8 Å². The number of hydrogen-bond donors (Lipinski definition) is 0. The summed E-state index contributed by atoms with van der Waals surface area (Å²) in [5, 5.41) is 0. The van der Waals surface area contributed by atoms with Gasteiger partial charge in [0, 0.05) is 25.7 Å². The molecule has 2 rings (SSSR count). The Balaban J connectivity index is 1.89. The Morgan fingerprint density at radius 3 is 2.68 bits per heavy atom. The molecule has 0 N–H and O–H groups in total. The second-order valence-electron chi connectivity index (χ2n) is 6.24. The van der Waals surface area contributed by atoms with Crippen molar-refractivity contribution in [2.45, 2.75) is 32.7 Å². The van der Waals surface area contributed by atoms with Gasteiger partial charge in [0.2, 0.25) is 5.91 Å². The highest BCUT2D eigenvalue weighted by Gasteiger charge is 2.25. The van der Waals surface area contributed by atoms with Crippen LogP contribution in [0.5, 0.6) is 5.75 Å². The second kappa shape index (κ2) is 8.18. The van der Waals surface area contributed by atoms with Crippen LogP contribution in [0.15, 0.2) is 24.3 Å². The lowest BCUT2D eigenvalue weighted by Gasteiger charge is -2.25. The van der Waals surface area contributed by atoms with E-state index in [0.717, 1.165) is 36.7 Å². The van der Waals surface area contributed by atoms with E-state index in [1.807, 2.05) is 31.3 Å². The number of methoxy groups -OCH3 is 1. The topological polar surface area (TPSA) is 32.8 Å². The molecule has 0 saturated heterocycles. The minimum atomic E-state index is 0.181. The quantitative estimate of drug-likeness (QED) is 0.703. The van der Waals surface area contributed by atoms with Crippen LogP contribution >= 0.6 is 0 Å². The number of nitrogens with zero attached hydrogens (tertiary/aromatic N) is 2. The van der Waals surface area contributed by atoms with Gasteiger partial charge in [-0.1, -0.05) is 25.1 Å². The maximum atomic E-state index is 12.5. The van der Waals surface area contributed by atoms with Gasteiger partial charge >= 0.3 is 0 Å². The lowest BCUT2D eigenvalue weighted by Crippen LogP contribution is -2.39. The molecule has 22 heavy (non-hydrogen) atoms. The SMILES string of the molecule is CCCN(CC(=O)N(C)Cc1ccccc1OC)CC1CC1. The molecule has 1 fully saturated rings. The summed E-state index contributed by atoms with van der Waals surface area (Å²) in [4.78, 5) is 16.6. The highest BCUT2D eigenvalue weighted by atomic mass is 16.5. The van der Waals surface area contributed by atoms with Crippen molar-refractivity contribution in [3.05, 3.63) is 29.8 Å². The highest BCUT2D eigenvalue weighted by Crippen LogP contribution is 2.29. The van der Waals surface area contributed by atoms with E-state index in [1.54, 1.807) is 12.0 Å². The van der Waals surface area contributed by atoms with Gasteiger partial charge in [-0.2, -0.15) is 0 Å². The van der Waals surface area contributed by atoms with Gasteiger partial charge in [0.25, 0.3) is 0 Å². The van der Waals surface area contributed by atoms with Crippen molar-refractivity contribution in [2.24, 2.45) is 5.92 Å². The fraction of sp³-hybridized carbons (Fsp3) is 0.611. The first-order valence-electron chi connectivity index (χ1n) is 8.22. The summed E-state index contributed by atoms with van der Waals surface area (Å²) in [5.41, 5.74) is 1.05. The largest absolute Gasteiger partial charge is 0.496 e. The highest BCUT2D eigenvalue weighted by molar-refractivity contribution is 5.78. The van der Waals surface area contributed by atoms with E-state index in [4.69, 9.17) is 4.74 Å². The van der Waals surface area contributed by atoms with Crippen LogP contribution in [0.25, 0.3) is 0 Å². The number of ether oxygens (including phenoxy) is 1. The molecular weight excluding hydrogens is 276 g/mol. The Labute approximate surface area is 134 Å². The Morgan fingerprint density at radius 2 is 2.05 bits per heavy atom. The molecule has 1 amide bonds. The molecular formula is C18H28N2O2. The van der Waals surface area contributed by atoms with Gasteiger partial charge in [0.05, 0.1) is 13.7 Å². The lowest BCUT2D eigenvalue weighted by atomic mass is 10.2. The average Bonchev–Trinajstić information content (AvgIpc) is 3.32. The smallest absolute Gasteiger partial charge is 0.236 e. The van der Waals surface area contributed by atoms with Gasteiger partial charge in [-0.05, 0) is 37.8 Å². The molecule has 0 aliphatic heterocycles. The van der Waals surface area contributed by atoms with Gasteiger partial charge < -0.3 is 9.64 Å². The zero-order valence-corrected chi connectivity index (χ0v) is 14.0. The number of para-hydroxylation sites is 1. The van der Waals surface area contributed by atoms with Crippen LogP contribution in [0.3, 0.4) is 0 Å². The standard InChI is InChI=1S/C18H28N2O2/c1-4-11-20(12-15-9-10-15)14-18(21)19(2)13-16-7-5-6-8-17(16)22-3/h5-8,15H,4,9-14H2,1-3H3. The van der Waals surface area contributed by atoms with Crippen LogP contribution < -0.4 is 4.74 Å². The molecule has 1 aromatic rings. The minimum Gasteiger partial charge on any atom is -0.496 e. The first-order chi connectivity index (χ1) is 10.6. The van der Waals surface area contributed by atoms with Crippen LogP contribution in [-0.4, -0.2) is 49.5 Å². The zero-order chi connectivity index (χ0) is 15.9. The first-order valence-corrected chi connectivity index (χ1v) is 8.22. The molecule has 1 aliphatic carbocycles. The molecule has 122 valence electrons. The number of carbonyl (C=O) groups excluding carboxylic acids is 1. The zero-order valence-electron chi connectivity index (χ0n) is 14.0. The normalized spacial score (nSPS) is 14.2. The van der Waals surface area contributed by atoms with Crippen LogP contribution in [0.2, 0.25) is 0 Å². The predicted molar refractivity (Wildman–Crippen MR) is 88.9 cm³/mol. The van der Waals surface area contributed by atoms with Gasteiger partial charge in [0.15, 0.2) is 0 Å². The Morgan fingerprint density at radius 1 is 1.32 bits per heavy atom. The van der Waals surface area contributed by atoms with Gasteiger partial charge in [-0.3, -0.25) is 9.69 Å². The lowest BCUT2D eigenvalue weighted by molar-refractivity contribution is -0.131. The maximum Gasteiger partial charge on any atom is 0.236 e. The molecule has 0 heterocycles. The second-order valence-corrected chi connectivity index (χ2v) is 6.24. The number of likely N-dealkylation sites (N-methyl/N-ethyl adjacent to an activating group) is 1. The van der Waals surface area contributed by atoms with Gasteiger partial charge in [-0.25, -0.2) is 0 Å². The van der Waals surface area contributed by atoms with E-state index < -0.39 is 0 Å². The van der Waals surface area contributed by atoms with Crippen molar-refractivity contribution in [2.75, 3.05) is 33.8 Å². The van der Waals surface area contributed by atoms with E-state index in [0.29, 0.717) is 13.1 Å². The van der Waals surface area contributed by atoms with Crippen molar-refractivity contribution in [3.8, 4) is 5.75 Å². The maximum absolute atomic E-state index is 12.5. The van der Waals surface area contributed by atoms with Crippen molar-refractivity contribution >= 4 is 5.91 Å². The van der Waals surface area contributed by atoms with Crippen molar-refractivity contribution in [1.82, 2.24) is 9.80 Å². The van der Waals surface area contributed by atoms with E-state index in [-0.39, 0.29) is 5.91 Å². The van der Waals surface area contributed by atoms with Crippen LogP contribution in [0.4, 0.5) is 0 Å². The monoisotopic (exact) mass is 304 g/mol. The third-order valence-electron chi connectivity index (χ3n) is 4.14. The summed E-state index contributed by atoms with van der Waals surface area (Å²) < 4.78 is 5.36. The molecule has 0 radical (unpaired) electrons. The predicted octanol–water partition coefficient (Wildman–Crippen LogP) is 2.78. The third-order valence-corrected chi connectivity index (χ3v) is 4.14. The molecule has 1 aromatic carbocycles. The summed E-state index contributed by atoms with van der Waals surface area (Å²) in [5.74, 6) is 1.84.